The van der Waals surface area contributed by atoms with E-state index in [0.29, 0.717) is 17.1 Å². The summed E-state index contributed by atoms with van der Waals surface area (Å²) in [5.41, 5.74) is 0.708. The van der Waals surface area contributed by atoms with E-state index in [1.54, 1.807) is 6.92 Å². The molecule has 0 radical (unpaired) electrons. The van der Waals surface area contributed by atoms with Crippen LogP contribution in [0.25, 0.3) is 0 Å². The van der Waals surface area contributed by atoms with Gasteiger partial charge in [0.25, 0.3) is 0 Å². The number of furan rings is 1. The molecule has 0 spiro atoms. The van der Waals surface area contributed by atoms with Crippen molar-refractivity contribution in [2.75, 3.05) is 0 Å². The Morgan fingerprint density at radius 1 is 1.37 bits per heavy atom. The van der Waals surface area contributed by atoms with Crippen LogP contribution in [0, 0.1) is 6.92 Å². The topological polar surface area (TPSA) is 59.7 Å². The first-order valence-electron chi connectivity index (χ1n) is 5.38. The molecular weight excluding hydrogens is 380 g/mol. The molecule has 0 bridgehead atoms. The zero-order valence-electron chi connectivity index (χ0n) is 9.94. The van der Waals surface area contributed by atoms with E-state index < -0.39 is 5.97 Å². The van der Waals surface area contributed by atoms with E-state index in [9.17, 15) is 4.79 Å². The molecule has 4 nitrogen and oxygen atoms in total. The van der Waals surface area contributed by atoms with Gasteiger partial charge in [0.15, 0.2) is 0 Å². The minimum atomic E-state index is -1.09. The predicted molar refractivity (Wildman–Crippen MR) is 76.6 cm³/mol. The number of rotatable bonds is 4. The maximum Gasteiger partial charge on any atom is 0.371 e. The highest BCUT2D eigenvalue weighted by Crippen LogP contribution is 2.33. The van der Waals surface area contributed by atoms with Crippen molar-refractivity contribution in [3.8, 4) is 5.75 Å². The summed E-state index contributed by atoms with van der Waals surface area (Å²) in [6, 6.07) is 7.09. The summed E-state index contributed by atoms with van der Waals surface area (Å²) >= 11 is 6.79. The van der Waals surface area contributed by atoms with Gasteiger partial charge < -0.3 is 14.3 Å². The van der Waals surface area contributed by atoms with E-state index in [2.05, 4.69) is 31.9 Å². The zero-order chi connectivity index (χ0) is 14.0. The van der Waals surface area contributed by atoms with Gasteiger partial charge in [0.1, 0.15) is 18.1 Å². The van der Waals surface area contributed by atoms with Gasteiger partial charge in [-0.2, -0.15) is 0 Å². The molecule has 0 atom stereocenters. The van der Waals surface area contributed by atoms with Crippen LogP contribution in [0.3, 0.4) is 0 Å². The number of carboxylic acid groups (broad SMARTS) is 1. The Hall–Kier alpha value is -1.27. The molecule has 2 aromatic rings. The van der Waals surface area contributed by atoms with Gasteiger partial charge in [-0.3, -0.25) is 0 Å². The number of ether oxygens (including phenoxy) is 1. The SMILES string of the molecule is Cc1oc(C(=O)O)cc1COc1c(Br)cccc1Br. The van der Waals surface area contributed by atoms with Gasteiger partial charge in [0.2, 0.25) is 5.76 Å². The molecule has 1 aromatic carbocycles. The Bertz CT molecular complexity index is 599. The number of hydrogen-bond acceptors (Lipinski definition) is 3. The van der Waals surface area contributed by atoms with Crippen LogP contribution in [0.2, 0.25) is 0 Å². The van der Waals surface area contributed by atoms with Gasteiger partial charge in [-0.05, 0) is 57.0 Å². The standard InChI is InChI=1S/C13H10Br2O4/c1-7-8(5-11(19-7)13(16)17)6-18-12-9(14)3-2-4-10(12)15/h2-5H,6H2,1H3,(H,16,17). The summed E-state index contributed by atoms with van der Waals surface area (Å²) in [5, 5.41) is 8.85. The average molecular weight is 390 g/mol. The zero-order valence-corrected chi connectivity index (χ0v) is 13.1. The van der Waals surface area contributed by atoms with E-state index in [1.807, 2.05) is 18.2 Å². The number of hydrogen-bond donors (Lipinski definition) is 1. The average Bonchev–Trinajstić information content (AvgIpc) is 2.70. The van der Waals surface area contributed by atoms with Crippen LogP contribution in [-0.2, 0) is 6.61 Å². The van der Waals surface area contributed by atoms with Gasteiger partial charge in [-0.15, -0.1) is 0 Å². The lowest BCUT2D eigenvalue weighted by Gasteiger charge is -2.09. The van der Waals surface area contributed by atoms with Crippen LogP contribution in [0.5, 0.6) is 5.75 Å². The highest BCUT2D eigenvalue weighted by Gasteiger charge is 2.14. The molecule has 0 saturated heterocycles. The Morgan fingerprint density at radius 2 is 2.00 bits per heavy atom. The van der Waals surface area contributed by atoms with Crippen LogP contribution in [-0.4, -0.2) is 11.1 Å². The normalized spacial score (nSPS) is 10.5. The first-order chi connectivity index (χ1) is 8.99. The molecule has 0 unspecified atom stereocenters. The fraction of sp³-hybridized carbons (Fsp3) is 0.154. The van der Waals surface area contributed by atoms with Crippen LogP contribution in [0.15, 0.2) is 37.6 Å². The van der Waals surface area contributed by atoms with Crippen LogP contribution >= 0.6 is 31.9 Å². The lowest BCUT2D eigenvalue weighted by molar-refractivity contribution is 0.0661. The molecule has 1 aromatic heterocycles. The van der Waals surface area contributed by atoms with Crippen molar-refractivity contribution in [3.63, 3.8) is 0 Å². The van der Waals surface area contributed by atoms with Gasteiger partial charge in [-0.25, -0.2) is 4.79 Å². The van der Waals surface area contributed by atoms with Crippen molar-refractivity contribution >= 4 is 37.8 Å². The van der Waals surface area contributed by atoms with E-state index in [1.165, 1.54) is 6.07 Å². The Kier molecular flexibility index (Phi) is 4.31. The molecule has 0 aliphatic heterocycles. The van der Waals surface area contributed by atoms with Gasteiger partial charge >= 0.3 is 5.97 Å². The van der Waals surface area contributed by atoms with Crippen LogP contribution < -0.4 is 4.74 Å². The van der Waals surface area contributed by atoms with E-state index in [-0.39, 0.29) is 12.4 Å². The van der Waals surface area contributed by atoms with Crippen molar-refractivity contribution in [1.82, 2.24) is 0 Å². The molecule has 1 heterocycles. The summed E-state index contributed by atoms with van der Waals surface area (Å²) in [6.45, 7) is 1.95. The molecule has 19 heavy (non-hydrogen) atoms. The number of halogens is 2. The van der Waals surface area contributed by atoms with E-state index in [4.69, 9.17) is 14.3 Å². The number of benzene rings is 1. The fourth-order valence-electron chi connectivity index (χ4n) is 1.54. The summed E-state index contributed by atoms with van der Waals surface area (Å²) in [6.07, 6.45) is 0. The van der Waals surface area contributed by atoms with Crippen molar-refractivity contribution < 1.29 is 19.1 Å². The second kappa shape index (κ2) is 5.79. The number of carboxylic acids is 1. The Balaban J connectivity index is 2.17. The maximum atomic E-state index is 10.8. The Morgan fingerprint density at radius 3 is 2.53 bits per heavy atom. The van der Waals surface area contributed by atoms with Gasteiger partial charge in [0.05, 0.1) is 8.95 Å². The number of carbonyl (C=O) groups is 1. The molecule has 0 fully saturated rings. The monoisotopic (exact) mass is 388 g/mol. The fourth-order valence-corrected chi connectivity index (χ4v) is 2.77. The summed E-state index contributed by atoms with van der Waals surface area (Å²) in [7, 11) is 0. The summed E-state index contributed by atoms with van der Waals surface area (Å²) in [4.78, 5) is 10.8. The van der Waals surface area contributed by atoms with E-state index in [0.717, 1.165) is 8.95 Å². The van der Waals surface area contributed by atoms with Crippen molar-refractivity contribution in [2.45, 2.75) is 13.5 Å². The minimum Gasteiger partial charge on any atom is -0.486 e. The molecular formula is C13H10Br2O4. The second-order valence-corrected chi connectivity index (χ2v) is 5.55. The highest BCUT2D eigenvalue weighted by atomic mass is 79.9. The van der Waals surface area contributed by atoms with Crippen molar-refractivity contribution in [3.05, 3.63) is 50.3 Å². The first-order valence-corrected chi connectivity index (χ1v) is 6.97. The van der Waals surface area contributed by atoms with Crippen molar-refractivity contribution in [1.29, 1.82) is 0 Å². The largest absolute Gasteiger partial charge is 0.486 e. The third-order valence-corrected chi connectivity index (χ3v) is 3.77. The van der Waals surface area contributed by atoms with Gasteiger partial charge in [-0.1, -0.05) is 6.07 Å². The summed E-state index contributed by atoms with van der Waals surface area (Å²) < 4.78 is 12.4. The smallest absolute Gasteiger partial charge is 0.371 e. The maximum absolute atomic E-state index is 10.8. The summed E-state index contributed by atoms with van der Waals surface area (Å²) in [5.74, 6) is 0.0410. The number of para-hydroxylation sites is 1. The molecule has 0 aliphatic rings. The molecule has 100 valence electrons. The number of aryl methyl sites for hydroxylation is 1. The molecule has 2 rings (SSSR count). The van der Waals surface area contributed by atoms with E-state index >= 15 is 0 Å². The van der Waals surface area contributed by atoms with Gasteiger partial charge in [0, 0.05) is 5.56 Å². The third kappa shape index (κ3) is 3.19. The first kappa shape index (κ1) is 14.1. The molecule has 1 N–H and O–H groups in total. The third-order valence-electron chi connectivity index (χ3n) is 2.52. The number of aromatic carboxylic acids is 1. The molecule has 6 heteroatoms. The van der Waals surface area contributed by atoms with Crippen LogP contribution in [0.1, 0.15) is 21.9 Å². The molecule has 0 aliphatic carbocycles. The highest BCUT2D eigenvalue weighted by molar-refractivity contribution is 9.11. The lowest BCUT2D eigenvalue weighted by Crippen LogP contribution is -1.97. The quantitative estimate of drug-likeness (QED) is 0.842. The predicted octanol–water partition coefficient (Wildman–Crippen LogP) is 4.39. The molecule has 0 saturated carbocycles. The lowest BCUT2D eigenvalue weighted by atomic mass is 10.2. The minimum absolute atomic E-state index is 0.0812. The second-order valence-electron chi connectivity index (χ2n) is 3.84. The van der Waals surface area contributed by atoms with Crippen LogP contribution in [0.4, 0.5) is 0 Å². The Labute approximate surface area is 126 Å². The van der Waals surface area contributed by atoms with Crippen molar-refractivity contribution in [2.24, 2.45) is 0 Å². The molecule has 0 amide bonds.